The van der Waals surface area contributed by atoms with E-state index in [0.717, 1.165) is 17.0 Å². The minimum absolute atomic E-state index is 0.130. The molecular formula is C17H18FN5OS. The number of fused-ring (bicyclic) bond motifs is 1. The van der Waals surface area contributed by atoms with Crippen molar-refractivity contribution in [3.05, 3.63) is 46.5 Å². The van der Waals surface area contributed by atoms with Crippen molar-refractivity contribution in [1.29, 1.82) is 0 Å². The van der Waals surface area contributed by atoms with Crippen LogP contribution in [0.15, 0.2) is 23.4 Å². The first-order chi connectivity index (χ1) is 11.9. The zero-order valence-electron chi connectivity index (χ0n) is 14.4. The van der Waals surface area contributed by atoms with E-state index < -0.39 is 0 Å². The molecule has 3 rings (SSSR count). The van der Waals surface area contributed by atoms with E-state index in [9.17, 15) is 9.18 Å². The minimum Gasteiger partial charge on any atom is -0.326 e. The minimum atomic E-state index is -0.347. The summed E-state index contributed by atoms with van der Waals surface area (Å²) >= 11 is 1.44. The Labute approximate surface area is 148 Å². The maximum atomic E-state index is 13.6. The van der Waals surface area contributed by atoms with Crippen LogP contribution in [0.3, 0.4) is 0 Å². The molecule has 0 unspecified atom stereocenters. The third kappa shape index (κ3) is 3.48. The van der Waals surface area contributed by atoms with Crippen LogP contribution in [-0.4, -0.2) is 31.7 Å². The number of rotatable bonds is 4. The number of halogens is 1. The standard InChI is InChI=1S/C17H18FN5OS/c1-9-5-6-12(7-14(9)18)20-15(24)8-13-10(2)19-16-21-17(25-4)22-23(16)11(13)3/h5-7H,8H2,1-4H3,(H,20,24). The Hall–Kier alpha value is -2.48. The molecule has 0 bridgehead atoms. The van der Waals surface area contributed by atoms with E-state index in [4.69, 9.17) is 0 Å². The second-order valence-electron chi connectivity index (χ2n) is 5.76. The van der Waals surface area contributed by atoms with Gasteiger partial charge in [-0.3, -0.25) is 4.79 Å². The van der Waals surface area contributed by atoms with Crippen LogP contribution in [0.2, 0.25) is 0 Å². The van der Waals surface area contributed by atoms with E-state index in [-0.39, 0.29) is 18.1 Å². The molecule has 130 valence electrons. The van der Waals surface area contributed by atoms with Crippen molar-refractivity contribution in [3.63, 3.8) is 0 Å². The van der Waals surface area contributed by atoms with Gasteiger partial charge in [0.05, 0.1) is 6.42 Å². The van der Waals surface area contributed by atoms with E-state index in [2.05, 4.69) is 20.4 Å². The maximum Gasteiger partial charge on any atom is 0.253 e. The molecule has 0 atom stereocenters. The van der Waals surface area contributed by atoms with Crippen molar-refractivity contribution in [2.45, 2.75) is 32.3 Å². The maximum absolute atomic E-state index is 13.6. The van der Waals surface area contributed by atoms with Crippen LogP contribution in [0, 0.1) is 26.6 Å². The first-order valence-corrected chi connectivity index (χ1v) is 8.94. The van der Waals surface area contributed by atoms with Crippen LogP contribution in [0.1, 0.15) is 22.5 Å². The highest BCUT2D eigenvalue weighted by molar-refractivity contribution is 7.98. The Morgan fingerprint density at radius 2 is 2.04 bits per heavy atom. The molecule has 2 aromatic heterocycles. The third-order valence-corrected chi connectivity index (χ3v) is 4.54. The summed E-state index contributed by atoms with van der Waals surface area (Å²) in [6.07, 6.45) is 2.02. The van der Waals surface area contributed by atoms with Crippen LogP contribution >= 0.6 is 11.8 Å². The third-order valence-electron chi connectivity index (χ3n) is 4.01. The number of aryl methyl sites for hydroxylation is 3. The predicted octanol–water partition coefficient (Wildman–Crippen LogP) is 3.09. The molecule has 1 aromatic carbocycles. The number of aromatic nitrogens is 4. The number of nitrogens with zero attached hydrogens (tertiary/aromatic N) is 4. The summed E-state index contributed by atoms with van der Waals surface area (Å²) in [5.74, 6) is -0.0645. The summed E-state index contributed by atoms with van der Waals surface area (Å²) in [5.41, 5.74) is 3.31. The Morgan fingerprint density at radius 1 is 1.28 bits per heavy atom. The lowest BCUT2D eigenvalue weighted by molar-refractivity contribution is -0.115. The van der Waals surface area contributed by atoms with Crippen molar-refractivity contribution in [3.8, 4) is 0 Å². The fraction of sp³-hybridized carbons (Fsp3) is 0.294. The molecule has 0 saturated heterocycles. The molecular weight excluding hydrogens is 341 g/mol. The smallest absolute Gasteiger partial charge is 0.253 e. The molecule has 8 heteroatoms. The zero-order valence-corrected chi connectivity index (χ0v) is 15.2. The number of amides is 1. The highest BCUT2D eigenvalue weighted by Crippen LogP contribution is 2.18. The van der Waals surface area contributed by atoms with Gasteiger partial charge in [0.25, 0.3) is 5.78 Å². The second-order valence-corrected chi connectivity index (χ2v) is 6.53. The van der Waals surface area contributed by atoms with Crippen molar-refractivity contribution in [1.82, 2.24) is 19.6 Å². The molecule has 2 heterocycles. The molecule has 3 aromatic rings. The number of nitrogens with one attached hydrogen (secondary N) is 1. The Bertz CT molecular complexity index is 969. The van der Waals surface area contributed by atoms with Crippen molar-refractivity contribution in [2.75, 3.05) is 11.6 Å². The van der Waals surface area contributed by atoms with E-state index >= 15 is 0 Å². The van der Waals surface area contributed by atoms with E-state index in [0.29, 0.717) is 22.2 Å². The number of benzene rings is 1. The Kier molecular flexibility index (Phi) is 4.71. The number of hydrogen-bond donors (Lipinski definition) is 1. The van der Waals surface area contributed by atoms with Gasteiger partial charge in [-0.05, 0) is 44.7 Å². The SMILES string of the molecule is CSc1nc2nc(C)c(CC(=O)Nc3ccc(C)c(F)c3)c(C)n2n1. The molecule has 0 fully saturated rings. The number of hydrogen-bond acceptors (Lipinski definition) is 5. The lowest BCUT2D eigenvalue weighted by Gasteiger charge is -2.11. The summed E-state index contributed by atoms with van der Waals surface area (Å²) < 4.78 is 15.3. The van der Waals surface area contributed by atoms with E-state index in [1.807, 2.05) is 20.1 Å². The molecule has 6 nitrogen and oxygen atoms in total. The van der Waals surface area contributed by atoms with Gasteiger partial charge in [-0.25, -0.2) is 13.9 Å². The van der Waals surface area contributed by atoms with E-state index in [1.165, 1.54) is 17.8 Å². The summed E-state index contributed by atoms with van der Waals surface area (Å²) in [6.45, 7) is 5.40. The quantitative estimate of drug-likeness (QED) is 0.725. The monoisotopic (exact) mass is 359 g/mol. The van der Waals surface area contributed by atoms with Crippen LogP contribution in [-0.2, 0) is 11.2 Å². The summed E-state index contributed by atoms with van der Waals surface area (Å²) in [5, 5.41) is 7.72. The average molecular weight is 359 g/mol. The van der Waals surface area contributed by atoms with Gasteiger partial charge in [-0.15, -0.1) is 5.10 Å². The van der Waals surface area contributed by atoms with Gasteiger partial charge in [0.1, 0.15) is 5.82 Å². The topological polar surface area (TPSA) is 72.2 Å². The van der Waals surface area contributed by atoms with Crippen LogP contribution in [0.25, 0.3) is 5.78 Å². The van der Waals surface area contributed by atoms with Crippen LogP contribution in [0.5, 0.6) is 0 Å². The highest BCUT2D eigenvalue weighted by atomic mass is 32.2. The Balaban J connectivity index is 1.86. The van der Waals surface area contributed by atoms with Gasteiger partial charge in [0.2, 0.25) is 11.1 Å². The van der Waals surface area contributed by atoms with Crippen molar-refractivity contribution in [2.24, 2.45) is 0 Å². The molecule has 0 aliphatic carbocycles. The Morgan fingerprint density at radius 3 is 2.72 bits per heavy atom. The number of carbonyl (C=O) groups excluding carboxylic acids is 1. The molecule has 0 aliphatic heterocycles. The molecule has 0 spiro atoms. The van der Waals surface area contributed by atoms with Gasteiger partial charge < -0.3 is 5.32 Å². The fourth-order valence-electron chi connectivity index (χ4n) is 2.57. The normalized spacial score (nSPS) is 11.1. The molecule has 0 saturated carbocycles. The fourth-order valence-corrected chi connectivity index (χ4v) is 2.90. The zero-order chi connectivity index (χ0) is 18.1. The van der Waals surface area contributed by atoms with Crippen LogP contribution < -0.4 is 5.32 Å². The molecule has 0 radical (unpaired) electrons. The average Bonchev–Trinajstić information content (AvgIpc) is 2.98. The van der Waals surface area contributed by atoms with Gasteiger partial charge in [-0.1, -0.05) is 17.8 Å². The van der Waals surface area contributed by atoms with Gasteiger partial charge in [0, 0.05) is 22.6 Å². The molecule has 1 amide bonds. The molecule has 25 heavy (non-hydrogen) atoms. The summed E-state index contributed by atoms with van der Waals surface area (Å²) in [4.78, 5) is 21.1. The number of carbonyl (C=O) groups is 1. The lowest BCUT2D eigenvalue weighted by atomic mass is 10.1. The molecule has 0 aliphatic rings. The van der Waals surface area contributed by atoms with Crippen molar-refractivity contribution >= 4 is 29.1 Å². The van der Waals surface area contributed by atoms with E-state index in [1.54, 1.807) is 23.6 Å². The number of thioether (sulfide) groups is 1. The van der Waals surface area contributed by atoms with Crippen LogP contribution in [0.4, 0.5) is 10.1 Å². The predicted molar refractivity (Wildman–Crippen MR) is 95.5 cm³/mol. The van der Waals surface area contributed by atoms with Gasteiger partial charge in [0.15, 0.2) is 0 Å². The van der Waals surface area contributed by atoms with Crippen molar-refractivity contribution < 1.29 is 9.18 Å². The second kappa shape index (κ2) is 6.79. The lowest BCUT2D eigenvalue weighted by Crippen LogP contribution is -2.18. The first-order valence-electron chi connectivity index (χ1n) is 7.72. The highest BCUT2D eigenvalue weighted by Gasteiger charge is 2.16. The van der Waals surface area contributed by atoms with Gasteiger partial charge >= 0.3 is 0 Å². The number of anilines is 1. The first kappa shape index (κ1) is 17.3. The largest absolute Gasteiger partial charge is 0.326 e. The van der Waals surface area contributed by atoms with Gasteiger partial charge in [-0.2, -0.15) is 4.98 Å². The summed E-state index contributed by atoms with van der Waals surface area (Å²) in [6, 6.07) is 4.63. The molecule has 1 N–H and O–H groups in total. The summed E-state index contributed by atoms with van der Waals surface area (Å²) in [7, 11) is 0.